The van der Waals surface area contributed by atoms with Crippen LogP contribution in [0.25, 0.3) is 0 Å². The fourth-order valence-corrected chi connectivity index (χ4v) is 3.06. The normalized spacial score (nSPS) is 13.1. The summed E-state index contributed by atoms with van der Waals surface area (Å²) >= 11 is 0. The molecule has 1 atom stereocenters. The van der Waals surface area contributed by atoms with Crippen molar-refractivity contribution in [2.45, 2.75) is 105 Å². The van der Waals surface area contributed by atoms with Crippen molar-refractivity contribution < 1.29 is 38.1 Å². The van der Waals surface area contributed by atoms with Gasteiger partial charge in [-0.2, -0.15) is 4.90 Å². The van der Waals surface area contributed by atoms with Crippen molar-refractivity contribution in [3.63, 3.8) is 0 Å². The van der Waals surface area contributed by atoms with E-state index in [1.54, 1.807) is 86.6 Å². The molecule has 3 amide bonds. The predicted molar refractivity (Wildman–Crippen MR) is 149 cm³/mol. The van der Waals surface area contributed by atoms with E-state index in [4.69, 9.17) is 24.7 Å². The molecule has 12 heteroatoms. The van der Waals surface area contributed by atoms with Crippen LogP contribution >= 0.6 is 0 Å². The fraction of sp³-hybridized carbons (Fsp3) is 0.607. The highest BCUT2D eigenvalue weighted by Gasteiger charge is 2.41. The van der Waals surface area contributed by atoms with Gasteiger partial charge in [-0.1, -0.05) is 30.3 Å². The van der Waals surface area contributed by atoms with Crippen LogP contribution in [0.5, 0.6) is 0 Å². The second kappa shape index (κ2) is 14.5. The molecule has 1 aromatic rings. The van der Waals surface area contributed by atoms with Crippen LogP contribution in [0.3, 0.4) is 0 Å². The summed E-state index contributed by atoms with van der Waals surface area (Å²) in [4.78, 5) is 56.2. The predicted octanol–water partition coefficient (Wildman–Crippen LogP) is 4.89. The zero-order valence-corrected chi connectivity index (χ0v) is 25.0. The second-order valence-electron chi connectivity index (χ2n) is 12.0. The number of alkyl carbamates (subject to hydrolysis) is 1. The number of nitrogens with one attached hydrogen (secondary N) is 1. The van der Waals surface area contributed by atoms with Crippen LogP contribution < -0.4 is 11.1 Å². The van der Waals surface area contributed by atoms with Gasteiger partial charge in [-0.15, -0.1) is 0 Å². The third kappa shape index (κ3) is 14.4. The van der Waals surface area contributed by atoms with Gasteiger partial charge in [0.1, 0.15) is 29.5 Å². The summed E-state index contributed by atoms with van der Waals surface area (Å²) in [6, 6.07) is 7.58. The lowest BCUT2D eigenvalue weighted by Crippen LogP contribution is -2.52. The van der Waals surface area contributed by atoms with Gasteiger partial charge < -0.3 is 24.7 Å². The van der Waals surface area contributed by atoms with Crippen molar-refractivity contribution in [3.05, 3.63) is 35.9 Å². The van der Waals surface area contributed by atoms with E-state index in [2.05, 4.69) is 10.3 Å². The summed E-state index contributed by atoms with van der Waals surface area (Å²) in [5.41, 5.74) is 3.86. The first kappa shape index (κ1) is 34.2. The molecule has 0 radical (unpaired) electrons. The zero-order valence-electron chi connectivity index (χ0n) is 25.0. The fourth-order valence-electron chi connectivity index (χ4n) is 3.06. The monoisotopic (exact) mass is 564 g/mol. The Morgan fingerprint density at radius 1 is 0.850 bits per heavy atom. The molecule has 12 nitrogen and oxygen atoms in total. The summed E-state index contributed by atoms with van der Waals surface area (Å²) in [5.74, 6) is -1.02. The summed E-state index contributed by atoms with van der Waals surface area (Å²) < 4.78 is 21.5. The smallest absolute Gasteiger partial charge is 0.420 e. The summed E-state index contributed by atoms with van der Waals surface area (Å²) in [6.07, 6.45) is -2.74. The Labute approximate surface area is 236 Å². The maximum absolute atomic E-state index is 13.3. The third-order valence-electron chi connectivity index (χ3n) is 4.53. The van der Waals surface area contributed by atoms with E-state index < -0.39 is 47.1 Å². The summed E-state index contributed by atoms with van der Waals surface area (Å²) in [7, 11) is 0. The van der Waals surface area contributed by atoms with Crippen LogP contribution in [-0.4, -0.2) is 64.5 Å². The first-order valence-electron chi connectivity index (χ1n) is 13.0. The van der Waals surface area contributed by atoms with Crippen LogP contribution in [-0.2, 0) is 30.3 Å². The number of amides is 3. The Morgan fingerprint density at radius 2 is 1.35 bits per heavy atom. The van der Waals surface area contributed by atoms with Gasteiger partial charge in [-0.25, -0.2) is 19.2 Å². The van der Waals surface area contributed by atoms with E-state index >= 15 is 0 Å². The van der Waals surface area contributed by atoms with Crippen LogP contribution in [0.4, 0.5) is 14.4 Å². The number of nitrogens with two attached hydrogens (primary N) is 1. The molecule has 0 saturated heterocycles. The van der Waals surface area contributed by atoms with E-state index in [-0.39, 0.29) is 32.0 Å². The van der Waals surface area contributed by atoms with E-state index in [1.807, 2.05) is 6.07 Å². The number of aliphatic imine (C=N–C) groups is 1. The quantitative estimate of drug-likeness (QED) is 0.147. The van der Waals surface area contributed by atoms with Crippen molar-refractivity contribution in [1.82, 2.24) is 10.2 Å². The number of carbonyl (C=O) groups excluding carboxylic acids is 4. The van der Waals surface area contributed by atoms with Crippen LogP contribution in [0, 0.1) is 0 Å². The number of nitrogens with zero attached hydrogens (tertiary/aromatic N) is 2. The highest BCUT2D eigenvalue weighted by Crippen LogP contribution is 2.20. The van der Waals surface area contributed by atoms with Crippen LogP contribution in [0.1, 0.15) is 80.7 Å². The minimum atomic E-state index is -1.39. The molecule has 0 aromatic heterocycles. The molecule has 3 N–H and O–H groups in total. The lowest BCUT2D eigenvalue weighted by atomic mass is 10.1. The second-order valence-corrected chi connectivity index (χ2v) is 12.0. The number of hydrogen-bond donors (Lipinski definition) is 2. The van der Waals surface area contributed by atoms with E-state index in [0.717, 1.165) is 5.56 Å². The molecule has 0 bridgehead atoms. The molecular formula is C28H44N4O8. The molecule has 224 valence electrons. The minimum absolute atomic E-state index is 0.0463. The van der Waals surface area contributed by atoms with E-state index in [1.165, 1.54) is 0 Å². The van der Waals surface area contributed by atoms with Gasteiger partial charge in [0.15, 0.2) is 5.96 Å². The van der Waals surface area contributed by atoms with Gasteiger partial charge in [0, 0.05) is 6.54 Å². The highest BCUT2D eigenvalue weighted by atomic mass is 16.6. The molecule has 40 heavy (non-hydrogen) atoms. The third-order valence-corrected chi connectivity index (χ3v) is 4.53. The van der Waals surface area contributed by atoms with Crippen LogP contribution in [0.15, 0.2) is 35.3 Å². The molecule has 0 unspecified atom stereocenters. The molecule has 0 fully saturated rings. The molecule has 1 aromatic carbocycles. The minimum Gasteiger partial charge on any atom is -0.459 e. The first-order chi connectivity index (χ1) is 18.3. The Bertz CT molecular complexity index is 1010. The first-order valence-corrected chi connectivity index (χ1v) is 13.0. The number of ether oxygens (including phenoxy) is 4. The topological polar surface area (TPSA) is 159 Å². The average Bonchev–Trinajstić information content (AvgIpc) is 2.76. The molecule has 0 heterocycles. The lowest BCUT2D eigenvalue weighted by molar-refractivity contribution is -0.151. The molecule has 0 aliphatic carbocycles. The maximum atomic E-state index is 13.3. The molecule has 0 aliphatic heterocycles. The Morgan fingerprint density at radius 3 is 1.82 bits per heavy atom. The lowest BCUT2D eigenvalue weighted by Gasteiger charge is -2.32. The van der Waals surface area contributed by atoms with Crippen molar-refractivity contribution >= 4 is 30.2 Å². The van der Waals surface area contributed by atoms with Gasteiger partial charge in [-0.05, 0) is 80.7 Å². The molecule has 0 aliphatic rings. The number of esters is 1. The molecule has 0 spiro atoms. The van der Waals surface area contributed by atoms with Crippen LogP contribution in [0.2, 0.25) is 0 Å². The Hall–Kier alpha value is -3.83. The zero-order chi connectivity index (χ0) is 30.7. The standard InChI is InChI=1S/C28H44N4O8/c1-26(2,3)38-23(34)31-22(29)30-17-13-16-20(21(33)37-18-19-14-11-10-12-15-19)32(24(35)39-27(4,5)6)25(36)40-28(7,8)9/h10-12,14-15,20H,13,16-18H2,1-9H3,(H3,29,30,31,34)/t20-/m0/s1. The van der Waals surface area contributed by atoms with Crippen molar-refractivity contribution in [2.24, 2.45) is 10.7 Å². The Balaban J connectivity index is 3.15. The van der Waals surface area contributed by atoms with E-state index in [9.17, 15) is 19.2 Å². The van der Waals surface area contributed by atoms with Crippen molar-refractivity contribution in [1.29, 1.82) is 0 Å². The largest absolute Gasteiger partial charge is 0.459 e. The Kier molecular flexibility index (Phi) is 12.4. The summed E-state index contributed by atoms with van der Waals surface area (Å²) in [5, 5.41) is 2.31. The van der Waals surface area contributed by atoms with Gasteiger partial charge in [0.2, 0.25) is 0 Å². The number of hydrogen-bond acceptors (Lipinski definition) is 9. The molecule has 1 rings (SSSR count). The number of carbonyl (C=O) groups is 4. The average molecular weight is 565 g/mol. The number of guanidine groups is 1. The van der Waals surface area contributed by atoms with Crippen molar-refractivity contribution in [2.75, 3.05) is 6.54 Å². The summed E-state index contributed by atoms with van der Waals surface area (Å²) in [6.45, 7) is 14.9. The SMILES string of the molecule is CC(C)(C)OC(=O)NC(N)=NCCC[C@@H](C(=O)OCc1ccccc1)N(C(=O)OC(C)(C)C)C(=O)OC(C)(C)C. The van der Waals surface area contributed by atoms with Gasteiger partial charge in [-0.3, -0.25) is 10.3 Å². The maximum Gasteiger partial charge on any atom is 0.420 e. The molecular weight excluding hydrogens is 520 g/mol. The number of benzene rings is 1. The number of rotatable bonds is 8. The van der Waals surface area contributed by atoms with Crippen molar-refractivity contribution in [3.8, 4) is 0 Å². The van der Waals surface area contributed by atoms with Gasteiger partial charge >= 0.3 is 24.2 Å². The van der Waals surface area contributed by atoms with Gasteiger partial charge in [0.25, 0.3) is 0 Å². The van der Waals surface area contributed by atoms with Gasteiger partial charge in [0.05, 0.1) is 0 Å². The van der Waals surface area contributed by atoms with E-state index in [0.29, 0.717) is 4.90 Å². The highest BCUT2D eigenvalue weighted by molar-refractivity contribution is 5.94. The number of imide groups is 1. The molecule has 0 saturated carbocycles.